The van der Waals surface area contributed by atoms with Gasteiger partial charge in [0.15, 0.2) is 0 Å². The largest absolute Gasteiger partial charge is 0.326 e. The van der Waals surface area contributed by atoms with Crippen molar-refractivity contribution in [2.24, 2.45) is 0 Å². The van der Waals surface area contributed by atoms with Crippen LogP contribution in [0, 0.1) is 0 Å². The first kappa shape index (κ1) is 28.5. The van der Waals surface area contributed by atoms with Gasteiger partial charge in [-0.25, -0.2) is 4.98 Å². The molecule has 5 heteroatoms. The summed E-state index contributed by atoms with van der Waals surface area (Å²) in [6.07, 6.45) is 21.9. The van der Waals surface area contributed by atoms with Crippen LogP contribution in [0.3, 0.4) is 0 Å². The highest BCUT2D eigenvalue weighted by Gasteiger charge is 2.08. The van der Waals surface area contributed by atoms with Crippen LogP contribution in [0.25, 0.3) is 0 Å². The van der Waals surface area contributed by atoms with Crippen molar-refractivity contribution in [3.63, 3.8) is 0 Å². The number of aromatic nitrogens is 1. The predicted molar refractivity (Wildman–Crippen MR) is 147 cm³/mol. The zero-order chi connectivity index (χ0) is 25.0. The Hall–Kier alpha value is -2.69. The Bertz CT molecular complexity index is 821. The van der Waals surface area contributed by atoms with Gasteiger partial charge in [-0.05, 0) is 42.8 Å². The van der Waals surface area contributed by atoms with Crippen LogP contribution in [0.5, 0.6) is 0 Å². The van der Waals surface area contributed by atoms with Gasteiger partial charge in [0.2, 0.25) is 5.91 Å². The minimum absolute atomic E-state index is 0.0328. The van der Waals surface area contributed by atoms with Crippen LogP contribution in [0.4, 0.5) is 11.5 Å². The minimum Gasteiger partial charge on any atom is -0.326 e. The maximum absolute atomic E-state index is 12.3. The molecule has 2 aromatic rings. The van der Waals surface area contributed by atoms with Crippen molar-refractivity contribution in [3.8, 4) is 0 Å². The highest BCUT2D eigenvalue weighted by Crippen LogP contribution is 2.15. The predicted octanol–water partition coefficient (Wildman–Crippen LogP) is 8.53. The summed E-state index contributed by atoms with van der Waals surface area (Å²) in [6.45, 7) is 2.27. The van der Waals surface area contributed by atoms with E-state index >= 15 is 0 Å². The van der Waals surface area contributed by atoms with Gasteiger partial charge in [0.05, 0.1) is 0 Å². The summed E-state index contributed by atoms with van der Waals surface area (Å²) in [6, 6.07) is 12.3. The number of amides is 2. The number of hydrogen-bond acceptors (Lipinski definition) is 3. The molecule has 0 fully saturated rings. The molecule has 1 aromatic carbocycles. The molecule has 5 nitrogen and oxygen atoms in total. The molecule has 1 aromatic heterocycles. The van der Waals surface area contributed by atoms with E-state index < -0.39 is 0 Å². The highest BCUT2D eigenvalue weighted by atomic mass is 16.2. The Morgan fingerprint density at radius 3 is 1.71 bits per heavy atom. The van der Waals surface area contributed by atoms with E-state index in [0.29, 0.717) is 23.5 Å². The smallest absolute Gasteiger partial charge is 0.256 e. The van der Waals surface area contributed by atoms with E-state index in [9.17, 15) is 9.59 Å². The first-order valence-corrected chi connectivity index (χ1v) is 13.8. The van der Waals surface area contributed by atoms with Gasteiger partial charge in [0, 0.05) is 23.9 Å². The first-order chi connectivity index (χ1) is 17.2. The van der Waals surface area contributed by atoms with Crippen molar-refractivity contribution in [2.45, 2.75) is 110 Å². The number of carbonyl (C=O) groups is 2. The van der Waals surface area contributed by atoms with Crippen LogP contribution in [0.15, 0.2) is 48.7 Å². The number of benzene rings is 1. The Balaban J connectivity index is 1.45. The molecule has 2 N–H and O–H groups in total. The van der Waals surface area contributed by atoms with Gasteiger partial charge in [-0.3, -0.25) is 9.59 Å². The summed E-state index contributed by atoms with van der Waals surface area (Å²) in [4.78, 5) is 28.6. The third-order valence-corrected chi connectivity index (χ3v) is 6.34. The van der Waals surface area contributed by atoms with E-state index in [1.807, 2.05) is 6.07 Å². The summed E-state index contributed by atoms with van der Waals surface area (Å²) < 4.78 is 0. The molecule has 0 aliphatic carbocycles. The van der Waals surface area contributed by atoms with E-state index in [0.717, 1.165) is 12.8 Å². The summed E-state index contributed by atoms with van der Waals surface area (Å²) >= 11 is 0. The van der Waals surface area contributed by atoms with Gasteiger partial charge in [0.1, 0.15) is 5.82 Å². The lowest BCUT2D eigenvalue weighted by Crippen LogP contribution is -2.14. The van der Waals surface area contributed by atoms with Crippen LogP contribution in [0.1, 0.15) is 120 Å². The first-order valence-electron chi connectivity index (χ1n) is 13.8. The molecule has 0 aliphatic rings. The van der Waals surface area contributed by atoms with E-state index in [-0.39, 0.29) is 11.8 Å². The number of anilines is 2. The third kappa shape index (κ3) is 13.7. The van der Waals surface area contributed by atoms with Crippen molar-refractivity contribution < 1.29 is 9.59 Å². The summed E-state index contributed by atoms with van der Waals surface area (Å²) in [5.74, 6) is 0.322. The number of unbranched alkanes of at least 4 members (excludes halogenated alkanes) is 14. The topological polar surface area (TPSA) is 71.1 Å². The lowest BCUT2D eigenvalue weighted by Gasteiger charge is -2.07. The molecule has 0 atom stereocenters. The van der Waals surface area contributed by atoms with Crippen molar-refractivity contribution in [3.05, 3.63) is 54.2 Å². The number of hydrogen-bond donors (Lipinski definition) is 2. The molecule has 35 heavy (non-hydrogen) atoms. The maximum Gasteiger partial charge on any atom is 0.256 e. The van der Waals surface area contributed by atoms with E-state index in [4.69, 9.17) is 0 Å². The maximum atomic E-state index is 12.3. The molecule has 2 rings (SSSR count). The number of pyridine rings is 1. The Labute approximate surface area is 212 Å². The summed E-state index contributed by atoms with van der Waals surface area (Å²) in [5.41, 5.74) is 1.24. The second-order valence-corrected chi connectivity index (χ2v) is 9.49. The molecule has 0 spiro atoms. The second-order valence-electron chi connectivity index (χ2n) is 9.49. The summed E-state index contributed by atoms with van der Waals surface area (Å²) in [5, 5.41) is 5.68. The third-order valence-electron chi connectivity index (χ3n) is 6.34. The molecule has 192 valence electrons. The highest BCUT2D eigenvalue weighted by molar-refractivity contribution is 6.04. The van der Waals surface area contributed by atoms with Gasteiger partial charge in [-0.1, -0.05) is 103 Å². The number of rotatable bonds is 19. The molecule has 1 heterocycles. The van der Waals surface area contributed by atoms with Crippen molar-refractivity contribution >= 4 is 23.3 Å². The SMILES string of the molecule is CCCCCCCCCCCCCCCCCC(=O)Nc1ccc(C(=O)Nc2ccccn2)cc1. The molecule has 0 unspecified atom stereocenters. The Morgan fingerprint density at radius 1 is 0.657 bits per heavy atom. The zero-order valence-electron chi connectivity index (χ0n) is 21.7. The average molecular weight is 480 g/mol. The summed E-state index contributed by atoms with van der Waals surface area (Å²) in [7, 11) is 0. The lowest BCUT2D eigenvalue weighted by molar-refractivity contribution is -0.116. The van der Waals surface area contributed by atoms with Crippen molar-refractivity contribution in [1.82, 2.24) is 4.98 Å². The van der Waals surface area contributed by atoms with E-state index in [2.05, 4.69) is 22.5 Å². The fourth-order valence-electron chi connectivity index (χ4n) is 4.21. The van der Waals surface area contributed by atoms with E-state index in [1.54, 1.807) is 42.6 Å². The monoisotopic (exact) mass is 479 g/mol. The molecule has 0 saturated carbocycles. The van der Waals surface area contributed by atoms with Gasteiger partial charge >= 0.3 is 0 Å². The minimum atomic E-state index is -0.223. The van der Waals surface area contributed by atoms with Crippen LogP contribution < -0.4 is 10.6 Å². The number of nitrogens with one attached hydrogen (secondary N) is 2. The van der Waals surface area contributed by atoms with Crippen LogP contribution in [0.2, 0.25) is 0 Å². The van der Waals surface area contributed by atoms with Crippen molar-refractivity contribution in [2.75, 3.05) is 10.6 Å². The normalized spacial score (nSPS) is 10.8. The fourth-order valence-corrected chi connectivity index (χ4v) is 4.21. The van der Waals surface area contributed by atoms with Crippen molar-refractivity contribution in [1.29, 1.82) is 0 Å². The van der Waals surface area contributed by atoms with Crippen LogP contribution in [-0.2, 0) is 4.79 Å². The standard InChI is InChI=1S/C30H45N3O2/c1-2-3-4-5-6-7-8-9-10-11-12-13-14-15-16-20-29(34)32-27-23-21-26(22-24-27)30(35)33-28-19-17-18-25-31-28/h17-19,21-25H,2-16,20H2,1H3,(H,32,34)(H,31,33,35). The number of carbonyl (C=O) groups excluding carboxylic acids is 2. The van der Waals surface area contributed by atoms with Crippen LogP contribution >= 0.6 is 0 Å². The molecule has 0 radical (unpaired) electrons. The van der Waals surface area contributed by atoms with Gasteiger partial charge in [0.25, 0.3) is 5.91 Å². The number of nitrogens with zero attached hydrogens (tertiary/aromatic N) is 1. The van der Waals surface area contributed by atoms with Crippen LogP contribution in [-0.4, -0.2) is 16.8 Å². The zero-order valence-corrected chi connectivity index (χ0v) is 21.7. The Kier molecular flexibility index (Phi) is 15.2. The molecule has 0 bridgehead atoms. The molecular weight excluding hydrogens is 434 g/mol. The second kappa shape index (κ2) is 18.6. The van der Waals surface area contributed by atoms with Gasteiger partial charge in [-0.2, -0.15) is 0 Å². The quantitative estimate of drug-likeness (QED) is 0.198. The van der Waals surface area contributed by atoms with Gasteiger partial charge < -0.3 is 10.6 Å². The van der Waals surface area contributed by atoms with E-state index in [1.165, 1.54) is 83.5 Å². The molecule has 0 saturated heterocycles. The molecular formula is C30H45N3O2. The average Bonchev–Trinajstić information content (AvgIpc) is 2.87. The fraction of sp³-hybridized carbons (Fsp3) is 0.567. The molecule has 0 aliphatic heterocycles. The molecule has 2 amide bonds. The Morgan fingerprint density at radius 2 is 1.20 bits per heavy atom. The van der Waals surface area contributed by atoms with Gasteiger partial charge in [-0.15, -0.1) is 0 Å². The lowest BCUT2D eigenvalue weighted by atomic mass is 10.0.